The average Bonchev–Trinajstić information content (AvgIpc) is 1.58. The number of aliphatic hydroxyl groups is 1. The Morgan fingerprint density at radius 3 is 2.40 bits per heavy atom. The van der Waals surface area contributed by atoms with Crippen LogP contribution in [0.1, 0.15) is 13.3 Å². The molecule has 0 aliphatic heterocycles. The van der Waals surface area contributed by atoms with Crippen molar-refractivity contribution in [2.45, 2.75) is 13.3 Å². The predicted molar refractivity (Wildman–Crippen MR) is 37.8 cm³/mol. The Morgan fingerprint density at radius 2 is 2.10 bits per heavy atom. The second kappa shape index (κ2) is 3.71. The highest BCUT2D eigenvalue weighted by Crippen LogP contribution is 2.01. The van der Waals surface area contributed by atoms with E-state index < -0.39 is 5.97 Å². The maximum atomic E-state index is 10.0. The van der Waals surface area contributed by atoms with Crippen LogP contribution >= 0.6 is 0 Å². The first kappa shape index (κ1) is 8.75. The largest absolute Gasteiger partial charge is 0.509 e. The van der Waals surface area contributed by atoms with Crippen LogP contribution in [-0.4, -0.2) is 16.2 Å². The third-order valence-corrected chi connectivity index (χ3v) is 0.843. The van der Waals surface area contributed by atoms with Crippen molar-refractivity contribution >= 4 is 5.97 Å². The van der Waals surface area contributed by atoms with Crippen LogP contribution in [-0.2, 0) is 4.79 Å². The Hall–Kier alpha value is -1.25. The van der Waals surface area contributed by atoms with Gasteiger partial charge in [0.05, 0.1) is 6.42 Å². The van der Waals surface area contributed by atoms with Gasteiger partial charge in [0.25, 0.3) is 0 Å². The van der Waals surface area contributed by atoms with E-state index in [-0.39, 0.29) is 12.2 Å². The van der Waals surface area contributed by atoms with Gasteiger partial charge in [0.15, 0.2) is 0 Å². The molecule has 0 fully saturated rings. The number of aliphatic carboxylic acids is 1. The van der Waals surface area contributed by atoms with Crippen LogP contribution < -0.4 is 0 Å². The van der Waals surface area contributed by atoms with E-state index in [9.17, 15) is 4.79 Å². The van der Waals surface area contributed by atoms with E-state index in [0.29, 0.717) is 5.57 Å². The molecule has 0 heterocycles. The van der Waals surface area contributed by atoms with Crippen LogP contribution in [0.25, 0.3) is 0 Å². The first-order chi connectivity index (χ1) is 4.52. The summed E-state index contributed by atoms with van der Waals surface area (Å²) in [6.07, 6.45) is 1.27. The lowest BCUT2D eigenvalue weighted by Gasteiger charge is -1.93. The van der Waals surface area contributed by atoms with Gasteiger partial charge in [0.2, 0.25) is 0 Å². The fraction of sp³-hybridized carbons (Fsp3) is 0.286. The number of allylic oxidation sites excluding steroid dienone is 1. The standard InChI is InChI=1S/C7H10O3/c1-5(3-6(2)8)4-7(9)10/h3,8H,2,4H2,1H3,(H,9,10). The quantitative estimate of drug-likeness (QED) is 0.463. The molecule has 56 valence electrons. The molecular weight excluding hydrogens is 132 g/mol. The molecule has 0 atom stereocenters. The highest BCUT2D eigenvalue weighted by molar-refractivity contribution is 5.69. The first-order valence-electron chi connectivity index (χ1n) is 2.79. The number of carbonyl (C=O) groups is 1. The lowest BCUT2D eigenvalue weighted by atomic mass is 10.2. The third-order valence-electron chi connectivity index (χ3n) is 0.843. The van der Waals surface area contributed by atoms with Crippen LogP contribution in [0.15, 0.2) is 24.0 Å². The van der Waals surface area contributed by atoms with Crippen molar-refractivity contribution in [2.24, 2.45) is 0 Å². The van der Waals surface area contributed by atoms with Crippen molar-refractivity contribution in [1.82, 2.24) is 0 Å². The Labute approximate surface area is 59.3 Å². The van der Waals surface area contributed by atoms with Crippen molar-refractivity contribution < 1.29 is 15.0 Å². The van der Waals surface area contributed by atoms with Crippen molar-refractivity contribution in [3.05, 3.63) is 24.0 Å². The van der Waals surface area contributed by atoms with Crippen molar-refractivity contribution in [3.8, 4) is 0 Å². The minimum atomic E-state index is -0.907. The summed E-state index contributed by atoms with van der Waals surface area (Å²) in [5, 5.41) is 16.8. The summed E-state index contributed by atoms with van der Waals surface area (Å²) in [6, 6.07) is 0. The maximum Gasteiger partial charge on any atom is 0.307 e. The van der Waals surface area contributed by atoms with Gasteiger partial charge in [0.1, 0.15) is 5.76 Å². The van der Waals surface area contributed by atoms with Crippen molar-refractivity contribution in [2.75, 3.05) is 0 Å². The number of hydrogen-bond acceptors (Lipinski definition) is 2. The smallest absolute Gasteiger partial charge is 0.307 e. The van der Waals surface area contributed by atoms with E-state index in [4.69, 9.17) is 10.2 Å². The molecule has 2 N–H and O–H groups in total. The summed E-state index contributed by atoms with van der Waals surface area (Å²) in [4.78, 5) is 10.0. The zero-order valence-corrected chi connectivity index (χ0v) is 5.79. The van der Waals surface area contributed by atoms with E-state index in [0.717, 1.165) is 0 Å². The first-order valence-corrected chi connectivity index (χ1v) is 2.79. The molecule has 3 nitrogen and oxygen atoms in total. The maximum absolute atomic E-state index is 10.0. The van der Waals surface area contributed by atoms with Crippen LogP contribution in [0, 0.1) is 0 Å². The zero-order valence-electron chi connectivity index (χ0n) is 5.79. The Morgan fingerprint density at radius 1 is 1.60 bits per heavy atom. The van der Waals surface area contributed by atoms with Gasteiger partial charge in [0, 0.05) is 0 Å². The average molecular weight is 142 g/mol. The van der Waals surface area contributed by atoms with E-state index >= 15 is 0 Å². The molecule has 0 aliphatic rings. The van der Waals surface area contributed by atoms with Gasteiger partial charge in [-0.2, -0.15) is 0 Å². The van der Waals surface area contributed by atoms with Gasteiger partial charge in [-0.05, 0) is 13.0 Å². The summed E-state index contributed by atoms with van der Waals surface area (Å²) in [5.74, 6) is -1.02. The summed E-state index contributed by atoms with van der Waals surface area (Å²) in [5.41, 5.74) is 0.583. The monoisotopic (exact) mass is 142 g/mol. The summed E-state index contributed by atoms with van der Waals surface area (Å²) in [7, 11) is 0. The van der Waals surface area contributed by atoms with Gasteiger partial charge in [-0.3, -0.25) is 4.79 Å². The zero-order chi connectivity index (χ0) is 8.15. The normalized spacial score (nSPS) is 11.1. The minimum Gasteiger partial charge on any atom is -0.509 e. The molecule has 0 aromatic heterocycles. The number of aliphatic hydroxyl groups excluding tert-OH is 1. The fourth-order valence-corrected chi connectivity index (χ4v) is 0.574. The predicted octanol–water partition coefficient (Wildman–Crippen LogP) is 1.48. The molecule has 0 amide bonds. The molecule has 0 rings (SSSR count). The summed E-state index contributed by atoms with van der Waals surface area (Å²) in [6.45, 7) is 4.81. The molecule has 3 heteroatoms. The lowest BCUT2D eigenvalue weighted by molar-refractivity contribution is -0.136. The molecule has 0 radical (unpaired) electrons. The van der Waals surface area contributed by atoms with Crippen LogP contribution in [0.2, 0.25) is 0 Å². The van der Waals surface area contributed by atoms with Gasteiger partial charge in [-0.1, -0.05) is 12.2 Å². The summed E-state index contributed by atoms with van der Waals surface area (Å²) < 4.78 is 0. The van der Waals surface area contributed by atoms with Gasteiger partial charge in [-0.25, -0.2) is 0 Å². The molecule has 0 aliphatic carbocycles. The van der Waals surface area contributed by atoms with E-state index in [1.165, 1.54) is 6.08 Å². The van der Waals surface area contributed by atoms with Crippen molar-refractivity contribution in [3.63, 3.8) is 0 Å². The van der Waals surface area contributed by atoms with E-state index in [1.807, 2.05) is 0 Å². The van der Waals surface area contributed by atoms with Crippen molar-refractivity contribution in [1.29, 1.82) is 0 Å². The van der Waals surface area contributed by atoms with Crippen LogP contribution in [0.4, 0.5) is 0 Å². The van der Waals surface area contributed by atoms with Crippen LogP contribution in [0.5, 0.6) is 0 Å². The number of carboxylic acids is 1. The van der Waals surface area contributed by atoms with E-state index in [1.54, 1.807) is 6.92 Å². The molecule has 0 aromatic carbocycles. The summed E-state index contributed by atoms with van der Waals surface area (Å²) >= 11 is 0. The molecule has 0 unspecified atom stereocenters. The highest BCUT2D eigenvalue weighted by atomic mass is 16.4. The van der Waals surface area contributed by atoms with Gasteiger partial charge < -0.3 is 10.2 Å². The van der Waals surface area contributed by atoms with E-state index in [2.05, 4.69) is 6.58 Å². The van der Waals surface area contributed by atoms with Crippen LogP contribution in [0.3, 0.4) is 0 Å². The lowest BCUT2D eigenvalue weighted by Crippen LogP contribution is -1.94. The number of hydrogen-bond donors (Lipinski definition) is 2. The molecule has 0 saturated heterocycles. The SMILES string of the molecule is C=C(O)C=C(C)CC(=O)O. The Balaban J connectivity index is 3.95. The fourth-order valence-electron chi connectivity index (χ4n) is 0.574. The Bertz CT molecular complexity index is 179. The number of rotatable bonds is 3. The van der Waals surface area contributed by atoms with Gasteiger partial charge >= 0.3 is 5.97 Å². The molecule has 0 bridgehead atoms. The Kier molecular flexibility index (Phi) is 3.25. The molecule has 10 heavy (non-hydrogen) atoms. The van der Waals surface area contributed by atoms with Gasteiger partial charge in [-0.15, -0.1) is 0 Å². The second-order valence-electron chi connectivity index (χ2n) is 2.05. The molecule has 0 spiro atoms. The molecule has 0 aromatic rings. The third kappa shape index (κ3) is 4.90. The topological polar surface area (TPSA) is 57.5 Å². The molecular formula is C7H10O3. The molecule has 0 saturated carbocycles. The second-order valence-corrected chi connectivity index (χ2v) is 2.05. The number of carboxylic acid groups (broad SMARTS) is 1. The highest BCUT2D eigenvalue weighted by Gasteiger charge is 1.97. The minimum absolute atomic E-state index is 0.0560.